The number of hydrogen-bond donors (Lipinski definition) is 0. The smallest absolute Gasteiger partial charge is 0.320 e. The molecule has 0 saturated carbocycles. The van der Waals surface area contributed by atoms with E-state index in [2.05, 4.69) is 0 Å². The Morgan fingerprint density at radius 3 is 1.92 bits per heavy atom. The molecule has 5 heteroatoms. The molecule has 0 radical (unpaired) electrons. The van der Waals surface area contributed by atoms with Gasteiger partial charge in [-0.1, -0.05) is 54.6 Å². The molecule has 0 aliphatic carbocycles. The molecule has 2 aromatic carbocycles. The van der Waals surface area contributed by atoms with Crippen molar-refractivity contribution in [2.75, 3.05) is 13.2 Å². The van der Waals surface area contributed by atoms with E-state index in [1.807, 2.05) is 6.07 Å². The van der Waals surface area contributed by atoms with Crippen molar-refractivity contribution >= 4 is 17.7 Å². The highest BCUT2D eigenvalue weighted by molar-refractivity contribution is 6.10. The van der Waals surface area contributed by atoms with Gasteiger partial charge in [-0.15, -0.1) is 0 Å². The standard InChI is InChI=1S/C21H22O5/c1-3-25-20(23)18(21(24)26-4-2)14-16-12-8-9-13-17(16)19(22)15-10-6-5-7-11-15/h5-13,18H,3-4,14H2,1-2H3. The van der Waals surface area contributed by atoms with Gasteiger partial charge in [0.15, 0.2) is 11.7 Å². The maximum Gasteiger partial charge on any atom is 0.320 e. The van der Waals surface area contributed by atoms with Crippen LogP contribution >= 0.6 is 0 Å². The van der Waals surface area contributed by atoms with Crippen molar-refractivity contribution in [2.45, 2.75) is 20.3 Å². The summed E-state index contributed by atoms with van der Waals surface area (Å²) in [6.07, 6.45) is 0.0480. The summed E-state index contributed by atoms with van der Waals surface area (Å²) in [4.78, 5) is 37.2. The minimum Gasteiger partial charge on any atom is -0.465 e. The molecule has 0 aliphatic rings. The predicted molar refractivity (Wildman–Crippen MR) is 96.8 cm³/mol. The third kappa shape index (κ3) is 4.79. The Kier molecular flexibility index (Phi) is 7.09. The Bertz CT molecular complexity index is 749. The zero-order chi connectivity index (χ0) is 18.9. The Hall–Kier alpha value is -2.95. The van der Waals surface area contributed by atoms with Crippen LogP contribution in [0.1, 0.15) is 35.3 Å². The van der Waals surface area contributed by atoms with E-state index >= 15 is 0 Å². The van der Waals surface area contributed by atoms with Gasteiger partial charge >= 0.3 is 11.9 Å². The van der Waals surface area contributed by atoms with Crippen LogP contribution in [-0.4, -0.2) is 30.9 Å². The molecule has 0 N–H and O–H groups in total. The fourth-order valence-corrected chi connectivity index (χ4v) is 2.63. The number of ether oxygens (including phenoxy) is 2. The van der Waals surface area contributed by atoms with Crippen molar-refractivity contribution in [1.82, 2.24) is 0 Å². The second-order valence-corrected chi connectivity index (χ2v) is 5.61. The van der Waals surface area contributed by atoms with E-state index in [9.17, 15) is 14.4 Å². The van der Waals surface area contributed by atoms with Crippen LogP contribution in [-0.2, 0) is 25.5 Å². The van der Waals surface area contributed by atoms with Gasteiger partial charge in [-0.2, -0.15) is 0 Å². The van der Waals surface area contributed by atoms with Crippen molar-refractivity contribution in [2.24, 2.45) is 5.92 Å². The highest BCUT2D eigenvalue weighted by Crippen LogP contribution is 2.20. The van der Waals surface area contributed by atoms with Gasteiger partial charge in [0.2, 0.25) is 0 Å². The van der Waals surface area contributed by atoms with Gasteiger partial charge in [-0.25, -0.2) is 0 Å². The second-order valence-electron chi connectivity index (χ2n) is 5.61. The second kappa shape index (κ2) is 9.51. The lowest BCUT2D eigenvalue weighted by Crippen LogP contribution is -2.30. The third-order valence-corrected chi connectivity index (χ3v) is 3.86. The molecule has 2 aromatic rings. The van der Waals surface area contributed by atoms with Gasteiger partial charge in [-0.3, -0.25) is 14.4 Å². The molecule has 0 amide bonds. The van der Waals surface area contributed by atoms with E-state index in [0.717, 1.165) is 0 Å². The summed E-state index contributed by atoms with van der Waals surface area (Å²) >= 11 is 0. The maximum absolute atomic E-state index is 12.8. The Morgan fingerprint density at radius 2 is 1.35 bits per heavy atom. The lowest BCUT2D eigenvalue weighted by Gasteiger charge is -2.16. The zero-order valence-corrected chi connectivity index (χ0v) is 14.9. The van der Waals surface area contributed by atoms with Gasteiger partial charge in [0.1, 0.15) is 0 Å². The molecule has 0 unspecified atom stereocenters. The Morgan fingerprint density at radius 1 is 0.808 bits per heavy atom. The molecule has 2 rings (SSSR count). The zero-order valence-electron chi connectivity index (χ0n) is 14.9. The third-order valence-electron chi connectivity index (χ3n) is 3.86. The molecule has 26 heavy (non-hydrogen) atoms. The summed E-state index contributed by atoms with van der Waals surface area (Å²) in [7, 11) is 0. The molecule has 0 aliphatic heterocycles. The first-order valence-corrected chi connectivity index (χ1v) is 8.59. The molecule has 0 aromatic heterocycles. The quantitative estimate of drug-likeness (QED) is 0.414. The summed E-state index contributed by atoms with van der Waals surface area (Å²) in [5.74, 6) is -2.55. The summed E-state index contributed by atoms with van der Waals surface area (Å²) in [5, 5.41) is 0. The largest absolute Gasteiger partial charge is 0.465 e. The number of carbonyl (C=O) groups excluding carboxylic acids is 3. The van der Waals surface area contributed by atoms with Gasteiger partial charge in [-0.05, 0) is 25.8 Å². The van der Waals surface area contributed by atoms with Crippen molar-refractivity contribution in [1.29, 1.82) is 0 Å². The number of ketones is 1. The number of benzene rings is 2. The SMILES string of the molecule is CCOC(=O)C(Cc1ccccc1C(=O)c1ccccc1)C(=O)OCC. The monoisotopic (exact) mass is 354 g/mol. The molecule has 5 nitrogen and oxygen atoms in total. The average Bonchev–Trinajstić information content (AvgIpc) is 2.66. The maximum atomic E-state index is 12.8. The van der Waals surface area contributed by atoms with Crippen molar-refractivity contribution in [3.63, 3.8) is 0 Å². The summed E-state index contributed by atoms with van der Waals surface area (Å²) in [5.41, 5.74) is 1.61. The Labute approximate surface area is 152 Å². The fraction of sp³-hybridized carbons (Fsp3) is 0.286. The molecular formula is C21H22O5. The molecule has 136 valence electrons. The minimum atomic E-state index is -1.10. The van der Waals surface area contributed by atoms with Gasteiger partial charge in [0, 0.05) is 11.1 Å². The van der Waals surface area contributed by atoms with Crippen LogP contribution in [0.5, 0.6) is 0 Å². The highest BCUT2D eigenvalue weighted by Gasteiger charge is 2.31. The van der Waals surface area contributed by atoms with Crippen LogP contribution in [0.15, 0.2) is 54.6 Å². The normalized spacial score (nSPS) is 10.4. The molecule has 0 bridgehead atoms. The van der Waals surface area contributed by atoms with Crippen LogP contribution in [0.3, 0.4) is 0 Å². The molecule has 0 fully saturated rings. The van der Waals surface area contributed by atoms with Crippen molar-refractivity contribution in [3.05, 3.63) is 71.3 Å². The number of carbonyl (C=O) groups is 3. The topological polar surface area (TPSA) is 69.7 Å². The first kappa shape index (κ1) is 19.4. The molecule has 0 heterocycles. The summed E-state index contributed by atoms with van der Waals surface area (Å²) < 4.78 is 10.0. The summed E-state index contributed by atoms with van der Waals surface area (Å²) in [6, 6.07) is 15.8. The van der Waals surface area contributed by atoms with Crippen LogP contribution in [0.2, 0.25) is 0 Å². The Balaban J connectivity index is 2.33. The number of rotatable bonds is 8. The number of esters is 2. The lowest BCUT2D eigenvalue weighted by atomic mass is 9.91. The lowest BCUT2D eigenvalue weighted by molar-refractivity contribution is -0.161. The van der Waals surface area contributed by atoms with E-state index < -0.39 is 17.9 Å². The van der Waals surface area contributed by atoms with Crippen LogP contribution < -0.4 is 0 Å². The van der Waals surface area contributed by atoms with Gasteiger partial charge in [0.05, 0.1) is 13.2 Å². The first-order chi connectivity index (χ1) is 12.6. The molecule has 0 spiro atoms. The van der Waals surface area contributed by atoms with E-state index in [1.54, 1.807) is 62.4 Å². The highest BCUT2D eigenvalue weighted by atomic mass is 16.6. The van der Waals surface area contributed by atoms with E-state index in [-0.39, 0.29) is 25.4 Å². The van der Waals surface area contributed by atoms with Crippen molar-refractivity contribution in [3.8, 4) is 0 Å². The summed E-state index contributed by atoms with van der Waals surface area (Å²) in [6.45, 7) is 3.68. The van der Waals surface area contributed by atoms with E-state index in [0.29, 0.717) is 16.7 Å². The molecular weight excluding hydrogens is 332 g/mol. The molecule has 0 saturated heterocycles. The van der Waals surface area contributed by atoms with Crippen LogP contribution in [0.4, 0.5) is 0 Å². The van der Waals surface area contributed by atoms with Crippen molar-refractivity contribution < 1.29 is 23.9 Å². The first-order valence-electron chi connectivity index (χ1n) is 8.59. The minimum absolute atomic E-state index is 0.0480. The molecule has 0 atom stereocenters. The fourth-order valence-electron chi connectivity index (χ4n) is 2.63. The predicted octanol–water partition coefficient (Wildman–Crippen LogP) is 3.20. The van der Waals surface area contributed by atoms with E-state index in [1.165, 1.54) is 0 Å². The van der Waals surface area contributed by atoms with Gasteiger partial charge < -0.3 is 9.47 Å². The number of hydrogen-bond acceptors (Lipinski definition) is 5. The average molecular weight is 354 g/mol. The van der Waals surface area contributed by atoms with E-state index in [4.69, 9.17) is 9.47 Å². The van der Waals surface area contributed by atoms with Crippen LogP contribution in [0.25, 0.3) is 0 Å². The van der Waals surface area contributed by atoms with Crippen LogP contribution in [0, 0.1) is 5.92 Å². The van der Waals surface area contributed by atoms with Gasteiger partial charge in [0.25, 0.3) is 0 Å².